The number of nitrogens with one attached hydrogen (secondary N) is 1. The van der Waals surface area contributed by atoms with Crippen LogP contribution in [0, 0.1) is 0 Å². The first kappa shape index (κ1) is 14.3. The minimum absolute atomic E-state index is 0.171. The smallest absolute Gasteiger partial charge is 0.0760 e. The van der Waals surface area contributed by atoms with E-state index in [1.165, 1.54) is 52.7 Å². The Morgan fingerprint density at radius 1 is 1.04 bits per heavy atom. The molecule has 3 aromatic rings. The van der Waals surface area contributed by atoms with Gasteiger partial charge in [-0.25, -0.2) is 0 Å². The van der Waals surface area contributed by atoms with Crippen molar-refractivity contribution in [1.29, 1.82) is 0 Å². The van der Waals surface area contributed by atoms with E-state index < -0.39 is 0 Å². The SMILES string of the molecule is CC1(C)CN2CCCc3ccccc3C2c2[nH]c3ccccc3c21. The number of benzene rings is 2. The Hall–Kier alpha value is -2.06. The number of aromatic amines is 1. The van der Waals surface area contributed by atoms with Crippen LogP contribution in [0.1, 0.15) is 48.7 Å². The molecule has 2 aliphatic heterocycles. The molecule has 2 aromatic carbocycles. The Kier molecular flexibility index (Phi) is 2.96. The van der Waals surface area contributed by atoms with Crippen molar-refractivity contribution in [2.24, 2.45) is 0 Å². The van der Waals surface area contributed by atoms with E-state index in [2.05, 4.69) is 72.3 Å². The van der Waals surface area contributed by atoms with E-state index in [0.717, 1.165) is 6.54 Å². The molecule has 2 aliphatic rings. The van der Waals surface area contributed by atoms with Gasteiger partial charge in [-0.1, -0.05) is 56.3 Å². The molecule has 1 atom stereocenters. The van der Waals surface area contributed by atoms with Gasteiger partial charge in [-0.3, -0.25) is 4.90 Å². The first-order valence-electron chi connectivity index (χ1n) is 9.08. The van der Waals surface area contributed by atoms with Crippen LogP contribution in [0.4, 0.5) is 0 Å². The molecule has 0 aliphatic carbocycles. The van der Waals surface area contributed by atoms with Gasteiger partial charge in [0.05, 0.1) is 6.04 Å². The summed E-state index contributed by atoms with van der Waals surface area (Å²) < 4.78 is 0. The molecule has 122 valence electrons. The van der Waals surface area contributed by atoms with Crippen LogP contribution in [0.25, 0.3) is 10.9 Å². The number of hydrogen-bond donors (Lipinski definition) is 1. The Balaban J connectivity index is 1.82. The molecule has 5 rings (SSSR count). The van der Waals surface area contributed by atoms with E-state index in [1.807, 2.05) is 0 Å². The van der Waals surface area contributed by atoms with Crippen LogP contribution in [0.15, 0.2) is 48.5 Å². The third kappa shape index (κ3) is 1.93. The fraction of sp³-hybridized carbons (Fsp3) is 0.364. The summed E-state index contributed by atoms with van der Waals surface area (Å²) in [7, 11) is 0. The average molecular weight is 316 g/mol. The monoisotopic (exact) mass is 316 g/mol. The quantitative estimate of drug-likeness (QED) is 0.631. The van der Waals surface area contributed by atoms with Crippen LogP contribution in [-0.4, -0.2) is 23.0 Å². The zero-order chi connectivity index (χ0) is 16.3. The second-order valence-corrected chi connectivity index (χ2v) is 8.02. The molecule has 0 spiro atoms. The van der Waals surface area contributed by atoms with Crippen LogP contribution in [0.3, 0.4) is 0 Å². The van der Waals surface area contributed by atoms with Crippen molar-refractivity contribution < 1.29 is 0 Å². The molecular weight excluding hydrogens is 292 g/mol. The second-order valence-electron chi connectivity index (χ2n) is 8.02. The molecule has 3 heterocycles. The summed E-state index contributed by atoms with van der Waals surface area (Å²) in [5, 5.41) is 1.40. The fourth-order valence-electron chi connectivity index (χ4n) is 5.02. The molecule has 0 saturated heterocycles. The molecule has 0 amide bonds. The van der Waals surface area contributed by atoms with Crippen molar-refractivity contribution in [3.05, 3.63) is 70.9 Å². The predicted molar refractivity (Wildman–Crippen MR) is 99.5 cm³/mol. The molecule has 1 N–H and O–H groups in total. The minimum atomic E-state index is 0.171. The zero-order valence-electron chi connectivity index (χ0n) is 14.5. The van der Waals surface area contributed by atoms with E-state index in [1.54, 1.807) is 0 Å². The number of aryl methyl sites for hydroxylation is 1. The molecule has 1 aromatic heterocycles. The number of hydrogen-bond acceptors (Lipinski definition) is 1. The molecule has 1 unspecified atom stereocenters. The van der Waals surface area contributed by atoms with Gasteiger partial charge in [0.25, 0.3) is 0 Å². The van der Waals surface area contributed by atoms with Crippen molar-refractivity contribution in [2.45, 2.75) is 38.1 Å². The number of nitrogens with zero attached hydrogens (tertiary/aromatic N) is 1. The third-order valence-electron chi connectivity index (χ3n) is 5.89. The summed E-state index contributed by atoms with van der Waals surface area (Å²) in [4.78, 5) is 6.50. The maximum atomic E-state index is 3.80. The van der Waals surface area contributed by atoms with E-state index >= 15 is 0 Å². The maximum Gasteiger partial charge on any atom is 0.0760 e. The topological polar surface area (TPSA) is 19.0 Å². The van der Waals surface area contributed by atoms with E-state index in [-0.39, 0.29) is 5.41 Å². The van der Waals surface area contributed by atoms with Crippen LogP contribution in [0.5, 0.6) is 0 Å². The molecule has 0 bridgehead atoms. The number of fused-ring (bicyclic) bond motifs is 7. The van der Waals surface area contributed by atoms with Crippen LogP contribution in [0.2, 0.25) is 0 Å². The first-order chi connectivity index (χ1) is 11.6. The van der Waals surface area contributed by atoms with Crippen LogP contribution < -0.4 is 0 Å². The van der Waals surface area contributed by atoms with Crippen molar-refractivity contribution >= 4 is 10.9 Å². The maximum absolute atomic E-state index is 3.80. The number of para-hydroxylation sites is 1. The highest BCUT2D eigenvalue weighted by molar-refractivity contribution is 5.86. The average Bonchev–Trinajstić information content (AvgIpc) is 2.86. The van der Waals surface area contributed by atoms with Crippen molar-refractivity contribution in [3.63, 3.8) is 0 Å². The molecule has 0 radical (unpaired) electrons. The summed E-state index contributed by atoms with van der Waals surface area (Å²) >= 11 is 0. The van der Waals surface area contributed by atoms with Gasteiger partial charge in [-0.15, -0.1) is 0 Å². The van der Waals surface area contributed by atoms with Crippen LogP contribution >= 0.6 is 0 Å². The van der Waals surface area contributed by atoms with E-state index in [0.29, 0.717) is 6.04 Å². The molecule has 0 fully saturated rings. The summed E-state index contributed by atoms with van der Waals surface area (Å²) in [5.41, 5.74) is 7.41. The molecule has 24 heavy (non-hydrogen) atoms. The molecule has 0 saturated carbocycles. The summed E-state index contributed by atoms with van der Waals surface area (Å²) in [6.07, 6.45) is 2.44. The largest absolute Gasteiger partial charge is 0.357 e. The number of H-pyrrole nitrogens is 1. The standard InChI is InChI=1S/C22H24N2/c1-22(2)14-24-13-7-9-15-8-3-4-10-16(15)21(24)20-19(22)17-11-5-6-12-18(17)23-20/h3-6,8,10-12,21,23H,7,9,13-14H2,1-2H3. The van der Waals surface area contributed by atoms with E-state index in [4.69, 9.17) is 0 Å². The first-order valence-corrected chi connectivity index (χ1v) is 9.08. The van der Waals surface area contributed by atoms with Gasteiger partial charge in [0.2, 0.25) is 0 Å². The lowest BCUT2D eigenvalue weighted by Crippen LogP contribution is -2.45. The number of aromatic nitrogens is 1. The lowest BCUT2D eigenvalue weighted by molar-refractivity contribution is 0.164. The van der Waals surface area contributed by atoms with Gasteiger partial charge in [0.1, 0.15) is 0 Å². The van der Waals surface area contributed by atoms with Gasteiger partial charge < -0.3 is 4.98 Å². The highest BCUT2D eigenvalue weighted by atomic mass is 15.2. The van der Waals surface area contributed by atoms with Crippen molar-refractivity contribution in [3.8, 4) is 0 Å². The lowest BCUT2D eigenvalue weighted by atomic mass is 9.76. The third-order valence-corrected chi connectivity index (χ3v) is 5.89. The Morgan fingerprint density at radius 3 is 2.75 bits per heavy atom. The summed E-state index contributed by atoms with van der Waals surface area (Å²) in [6.45, 7) is 7.11. The Morgan fingerprint density at radius 2 is 1.83 bits per heavy atom. The van der Waals surface area contributed by atoms with Crippen molar-refractivity contribution in [2.75, 3.05) is 13.1 Å². The van der Waals surface area contributed by atoms with Crippen molar-refractivity contribution in [1.82, 2.24) is 9.88 Å². The van der Waals surface area contributed by atoms with E-state index in [9.17, 15) is 0 Å². The molecule has 2 heteroatoms. The van der Waals surface area contributed by atoms with Gasteiger partial charge in [-0.05, 0) is 42.1 Å². The predicted octanol–water partition coefficient (Wildman–Crippen LogP) is 4.80. The summed E-state index contributed by atoms with van der Waals surface area (Å²) in [6, 6.07) is 18.2. The van der Waals surface area contributed by atoms with Gasteiger partial charge in [0.15, 0.2) is 0 Å². The van der Waals surface area contributed by atoms with Gasteiger partial charge in [-0.2, -0.15) is 0 Å². The number of rotatable bonds is 0. The summed E-state index contributed by atoms with van der Waals surface area (Å²) in [5.74, 6) is 0. The minimum Gasteiger partial charge on any atom is -0.357 e. The molecular formula is C22H24N2. The Labute approximate surface area is 143 Å². The fourth-order valence-corrected chi connectivity index (χ4v) is 5.02. The second kappa shape index (κ2) is 4.97. The Bertz CT molecular complexity index is 919. The lowest BCUT2D eigenvalue weighted by Gasteiger charge is -2.43. The van der Waals surface area contributed by atoms with Gasteiger partial charge in [0, 0.05) is 28.6 Å². The van der Waals surface area contributed by atoms with Crippen LogP contribution in [-0.2, 0) is 11.8 Å². The highest BCUT2D eigenvalue weighted by Gasteiger charge is 2.42. The highest BCUT2D eigenvalue weighted by Crippen LogP contribution is 2.47. The zero-order valence-corrected chi connectivity index (χ0v) is 14.5. The van der Waals surface area contributed by atoms with Gasteiger partial charge >= 0.3 is 0 Å². The normalized spacial score (nSPS) is 22.5. The molecule has 2 nitrogen and oxygen atoms in total.